The van der Waals surface area contributed by atoms with Gasteiger partial charge in [-0.15, -0.1) is 0 Å². The van der Waals surface area contributed by atoms with Gasteiger partial charge >= 0.3 is 0 Å². The first-order valence-corrected chi connectivity index (χ1v) is 9.01. The van der Waals surface area contributed by atoms with Gasteiger partial charge in [0.25, 0.3) is 0 Å². The molecule has 0 aliphatic carbocycles. The number of guanidine groups is 1. The molecule has 5 nitrogen and oxygen atoms in total. The van der Waals surface area contributed by atoms with Crippen LogP contribution >= 0.6 is 0 Å². The van der Waals surface area contributed by atoms with Crippen molar-refractivity contribution in [3.63, 3.8) is 0 Å². The summed E-state index contributed by atoms with van der Waals surface area (Å²) in [6, 6.07) is 10.3. The number of hydrogen-bond donors (Lipinski definition) is 2. The van der Waals surface area contributed by atoms with Crippen molar-refractivity contribution in [2.24, 2.45) is 4.99 Å². The molecule has 1 aromatic carbocycles. The zero-order valence-corrected chi connectivity index (χ0v) is 14.9. The van der Waals surface area contributed by atoms with E-state index in [0.29, 0.717) is 18.2 Å². The number of rotatable bonds is 6. The molecule has 0 amide bonds. The summed E-state index contributed by atoms with van der Waals surface area (Å²) < 4.78 is 0. The molecule has 0 spiro atoms. The second kappa shape index (κ2) is 9.94. The molecular formula is C19H29N5. The summed E-state index contributed by atoms with van der Waals surface area (Å²) in [7, 11) is 0. The van der Waals surface area contributed by atoms with E-state index >= 15 is 0 Å². The van der Waals surface area contributed by atoms with E-state index in [1.54, 1.807) is 0 Å². The molecule has 24 heavy (non-hydrogen) atoms. The van der Waals surface area contributed by atoms with Crippen LogP contribution in [-0.2, 0) is 6.54 Å². The molecule has 2 N–H and O–H groups in total. The van der Waals surface area contributed by atoms with E-state index in [9.17, 15) is 0 Å². The molecular weight excluding hydrogens is 298 g/mol. The zero-order chi connectivity index (χ0) is 17.2. The van der Waals surface area contributed by atoms with Crippen LogP contribution in [0.4, 0.5) is 0 Å². The summed E-state index contributed by atoms with van der Waals surface area (Å²) in [5, 5.41) is 15.8. The van der Waals surface area contributed by atoms with Crippen LogP contribution in [0.3, 0.4) is 0 Å². The quantitative estimate of drug-likeness (QED) is 0.622. The molecule has 5 heteroatoms. The van der Waals surface area contributed by atoms with Crippen LogP contribution < -0.4 is 10.6 Å². The van der Waals surface area contributed by atoms with Crippen LogP contribution in [0.15, 0.2) is 29.3 Å². The van der Waals surface area contributed by atoms with Crippen LogP contribution in [0, 0.1) is 11.3 Å². The van der Waals surface area contributed by atoms with Crippen molar-refractivity contribution in [1.29, 1.82) is 5.26 Å². The van der Waals surface area contributed by atoms with Gasteiger partial charge in [-0.2, -0.15) is 5.26 Å². The lowest BCUT2D eigenvalue weighted by molar-refractivity contribution is 0.206. The molecule has 0 atom stereocenters. The fraction of sp³-hybridized carbons (Fsp3) is 0.579. The van der Waals surface area contributed by atoms with Crippen molar-refractivity contribution in [3.8, 4) is 6.07 Å². The summed E-state index contributed by atoms with van der Waals surface area (Å²) in [5.74, 6) is 0.885. The van der Waals surface area contributed by atoms with E-state index < -0.39 is 0 Å². The Morgan fingerprint density at radius 3 is 2.54 bits per heavy atom. The van der Waals surface area contributed by atoms with Crippen LogP contribution in [-0.4, -0.2) is 43.1 Å². The highest BCUT2D eigenvalue weighted by molar-refractivity contribution is 5.80. The lowest BCUT2D eigenvalue weighted by atomic mass is 10.1. The number of piperidine rings is 1. The molecule has 1 saturated heterocycles. The van der Waals surface area contributed by atoms with E-state index in [1.807, 2.05) is 24.3 Å². The van der Waals surface area contributed by atoms with Gasteiger partial charge in [0.2, 0.25) is 0 Å². The van der Waals surface area contributed by atoms with Crippen molar-refractivity contribution in [1.82, 2.24) is 15.5 Å². The van der Waals surface area contributed by atoms with Gasteiger partial charge in [-0.3, -0.25) is 0 Å². The third kappa shape index (κ3) is 5.86. The Labute approximate surface area is 145 Å². The Balaban J connectivity index is 1.87. The van der Waals surface area contributed by atoms with E-state index in [2.05, 4.69) is 40.4 Å². The minimum atomic E-state index is 0.497. The zero-order valence-electron chi connectivity index (χ0n) is 14.9. The van der Waals surface area contributed by atoms with Crippen molar-refractivity contribution in [3.05, 3.63) is 35.4 Å². The number of benzene rings is 1. The summed E-state index contributed by atoms with van der Waals surface area (Å²) >= 11 is 0. The van der Waals surface area contributed by atoms with Crippen LogP contribution in [0.2, 0.25) is 0 Å². The van der Waals surface area contributed by atoms with Gasteiger partial charge in [-0.1, -0.05) is 19.1 Å². The Hall–Kier alpha value is -2.06. The molecule has 2 rings (SSSR count). The Kier molecular flexibility index (Phi) is 7.57. The van der Waals surface area contributed by atoms with Gasteiger partial charge in [-0.25, -0.2) is 4.99 Å². The fourth-order valence-electron chi connectivity index (χ4n) is 2.99. The normalized spacial score (nSPS) is 16.6. The van der Waals surface area contributed by atoms with Crippen LogP contribution in [0.5, 0.6) is 0 Å². The third-order valence-electron chi connectivity index (χ3n) is 4.32. The minimum Gasteiger partial charge on any atom is -0.357 e. The third-order valence-corrected chi connectivity index (χ3v) is 4.32. The average Bonchev–Trinajstić information content (AvgIpc) is 2.62. The second-order valence-corrected chi connectivity index (χ2v) is 6.26. The average molecular weight is 327 g/mol. The summed E-state index contributed by atoms with van der Waals surface area (Å²) in [4.78, 5) is 7.23. The van der Waals surface area contributed by atoms with Crippen molar-refractivity contribution >= 4 is 5.96 Å². The standard InChI is InChI=1S/C19H29N5/c1-3-11-24-12-9-18(10-13-24)23-19(21-4-2)22-15-17-7-5-16(14-20)6-8-17/h5-8,18H,3-4,9-13,15H2,1-2H3,(H2,21,22,23). The van der Waals surface area contributed by atoms with Gasteiger partial charge in [0.05, 0.1) is 18.2 Å². The number of nitriles is 1. The molecule has 130 valence electrons. The highest BCUT2D eigenvalue weighted by Gasteiger charge is 2.19. The molecule has 1 fully saturated rings. The first-order chi connectivity index (χ1) is 11.7. The Morgan fingerprint density at radius 2 is 1.96 bits per heavy atom. The fourth-order valence-corrected chi connectivity index (χ4v) is 2.99. The van der Waals surface area contributed by atoms with Crippen LogP contribution in [0.25, 0.3) is 0 Å². The summed E-state index contributed by atoms with van der Waals surface area (Å²) in [6.45, 7) is 9.34. The molecule has 0 saturated carbocycles. The molecule has 1 aliphatic heterocycles. The minimum absolute atomic E-state index is 0.497. The molecule has 1 aromatic rings. The number of hydrogen-bond acceptors (Lipinski definition) is 3. The van der Waals surface area contributed by atoms with Gasteiger partial charge in [0.1, 0.15) is 0 Å². The van der Waals surface area contributed by atoms with Crippen molar-refractivity contribution in [2.45, 2.75) is 45.7 Å². The number of likely N-dealkylation sites (tertiary alicyclic amines) is 1. The smallest absolute Gasteiger partial charge is 0.191 e. The summed E-state index contributed by atoms with van der Waals surface area (Å²) in [5.41, 5.74) is 1.80. The molecule has 0 bridgehead atoms. The monoisotopic (exact) mass is 327 g/mol. The predicted molar refractivity (Wildman–Crippen MR) is 98.9 cm³/mol. The van der Waals surface area contributed by atoms with Gasteiger partial charge < -0.3 is 15.5 Å². The maximum absolute atomic E-state index is 8.85. The maximum Gasteiger partial charge on any atom is 0.191 e. The highest BCUT2D eigenvalue weighted by atomic mass is 15.2. The molecule has 1 aliphatic rings. The van der Waals surface area contributed by atoms with Gasteiger partial charge in [0.15, 0.2) is 5.96 Å². The molecule has 0 radical (unpaired) electrons. The largest absolute Gasteiger partial charge is 0.357 e. The van der Waals surface area contributed by atoms with Gasteiger partial charge in [0, 0.05) is 25.7 Å². The Morgan fingerprint density at radius 1 is 1.25 bits per heavy atom. The number of nitrogens with one attached hydrogen (secondary N) is 2. The van der Waals surface area contributed by atoms with E-state index in [-0.39, 0.29) is 0 Å². The van der Waals surface area contributed by atoms with E-state index in [1.165, 1.54) is 38.9 Å². The van der Waals surface area contributed by atoms with Crippen molar-refractivity contribution < 1.29 is 0 Å². The molecule has 0 unspecified atom stereocenters. The molecule has 1 heterocycles. The lowest BCUT2D eigenvalue weighted by Gasteiger charge is -2.32. The number of aliphatic imine (C=N–C) groups is 1. The molecule has 0 aromatic heterocycles. The van der Waals surface area contributed by atoms with Gasteiger partial charge in [-0.05, 0) is 50.4 Å². The Bertz CT molecular complexity index is 550. The highest BCUT2D eigenvalue weighted by Crippen LogP contribution is 2.11. The lowest BCUT2D eigenvalue weighted by Crippen LogP contribution is -2.48. The SMILES string of the molecule is CCCN1CCC(NC(=NCc2ccc(C#N)cc2)NCC)CC1. The maximum atomic E-state index is 8.85. The topological polar surface area (TPSA) is 63.5 Å². The first-order valence-electron chi connectivity index (χ1n) is 9.01. The summed E-state index contributed by atoms with van der Waals surface area (Å²) in [6.07, 6.45) is 3.56. The number of nitrogens with zero attached hydrogens (tertiary/aromatic N) is 3. The predicted octanol–water partition coefficient (Wildman–Crippen LogP) is 2.49. The van der Waals surface area contributed by atoms with E-state index in [4.69, 9.17) is 5.26 Å². The van der Waals surface area contributed by atoms with Crippen molar-refractivity contribution in [2.75, 3.05) is 26.2 Å². The van der Waals surface area contributed by atoms with Crippen LogP contribution in [0.1, 0.15) is 44.2 Å². The first kappa shape index (κ1) is 18.3. The second-order valence-electron chi connectivity index (χ2n) is 6.26. The van der Waals surface area contributed by atoms with E-state index in [0.717, 1.165) is 18.1 Å².